The normalized spacial score (nSPS) is 11.5. The van der Waals surface area contributed by atoms with E-state index in [0.717, 1.165) is 8.04 Å². The number of hydrogen-bond acceptors (Lipinski definition) is 2. The summed E-state index contributed by atoms with van der Waals surface area (Å²) in [6.07, 6.45) is 0. The third-order valence-corrected chi connectivity index (χ3v) is 3.34. The third-order valence-electron chi connectivity index (χ3n) is 1.90. The van der Waals surface area contributed by atoms with Crippen LogP contribution < -0.4 is 11.1 Å². The van der Waals surface area contributed by atoms with Crippen LogP contribution in [0.2, 0.25) is 0 Å². The molecule has 1 atom stereocenters. The molecule has 0 saturated carbocycles. The second-order valence-corrected chi connectivity index (χ2v) is 5.31. The van der Waals surface area contributed by atoms with Gasteiger partial charge in [0.15, 0.2) is 0 Å². The van der Waals surface area contributed by atoms with E-state index in [1.165, 1.54) is 0 Å². The second-order valence-electron chi connectivity index (χ2n) is 3.23. The van der Waals surface area contributed by atoms with Crippen molar-refractivity contribution < 1.29 is 4.79 Å². The summed E-state index contributed by atoms with van der Waals surface area (Å²) >= 11 is 5.48. The van der Waals surface area contributed by atoms with Gasteiger partial charge in [0.05, 0.1) is 5.56 Å². The van der Waals surface area contributed by atoms with Crippen LogP contribution in [0.25, 0.3) is 0 Å². The Bertz CT molecular complexity index is 376. The van der Waals surface area contributed by atoms with Gasteiger partial charge in [-0.15, -0.1) is 12.4 Å². The van der Waals surface area contributed by atoms with Crippen molar-refractivity contribution in [2.75, 3.05) is 6.54 Å². The molecule has 16 heavy (non-hydrogen) atoms. The van der Waals surface area contributed by atoms with Gasteiger partial charge in [-0.1, -0.05) is 15.9 Å². The first-order valence-corrected chi connectivity index (χ1v) is 6.37. The Kier molecular flexibility index (Phi) is 7.54. The highest BCUT2D eigenvalue weighted by molar-refractivity contribution is 14.1. The zero-order valence-electron chi connectivity index (χ0n) is 8.67. The molecule has 0 spiro atoms. The molecule has 90 valence electrons. The maximum absolute atomic E-state index is 11.8. The zero-order valence-corrected chi connectivity index (χ0v) is 13.2. The molecule has 0 aromatic heterocycles. The first-order chi connectivity index (χ1) is 7.04. The lowest BCUT2D eigenvalue weighted by Crippen LogP contribution is -2.38. The van der Waals surface area contributed by atoms with Crippen LogP contribution in [-0.2, 0) is 0 Å². The largest absolute Gasteiger partial charge is 0.348 e. The van der Waals surface area contributed by atoms with E-state index >= 15 is 0 Å². The standard InChI is InChI=1S/C10H12BrIN2O.ClH/c1-6(5-13)14-10(15)8-4-7(11)2-3-9(8)12;/h2-4,6H,5,13H2,1H3,(H,14,15);1H/t6-;/m1./s1. The minimum atomic E-state index is -0.0846. The molecule has 3 nitrogen and oxygen atoms in total. The molecule has 0 bridgehead atoms. The van der Waals surface area contributed by atoms with Gasteiger partial charge in [-0.2, -0.15) is 0 Å². The summed E-state index contributed by atoms with van der Waals surface area (Å²) in [6, 6.07) is 5.60. The summed E-state index contributed by atoms with van der Waals surface area (Å²) in [7, 11) is 0. The quantitative estimate of drug-likeness (QED) is 0.740. The van der Waals surface area contributed by atoms with E-state index in [2.05, 4.69) is 43.8 Å². The highest BCUT2D eigenvalue weighted by Crippen LogP contribution is 2.18. The van der Waals surface area contributed by atoms with Crippen LogP contribution >= 0.6 is 50.9 Å². The molecule has 1 aromatic carbocycles. The van der Waals surface area contributed by atoms with Gasteiger partial charge >= 0.3 is 0 Å². The number of benzene rings is 1. The molecule has 0 unspecified atom stereocenters. The van der Waals surface area contributed by atoms with E-state index in [1.807, 2.05) is 19.1 Å². The van der Waals surface area contributed by atoms with Crippen LogP contribution in [0.4, 0.5) is 0 Å². The fourth-order valence-corrected chi connectivity index (χ4v) is 1.97. The molecule has 1 amide bonds. The maximum atomic E-state index is 11.8. The van der Waals surface area contributed by atoms with Gasteiger partial charge in [-0.3, -0.25) is 4.79 Å². The number of rotatable bonds is 3. The van der Waals surface area contributed by atoms with Crippen molar-refractivity contribution in [1.82, 2.24) is 5.32 Å². The third kappa shape index (κ3) is 4.57. The van der Waals surface area contributed by atoms with Gasteiger partial charge in [0.25, 0.3) is 5.91 Å². The minimum absolute atomic E-state index is 0. The number of nitrogens with two attached hydrogens (primary N) is 1. The summed E-state index contributed by atoms with van der Waals surface area (Å²) in [4.78, 5) is 11.8. The van der Waals surface area contributed by atoms with E-state index in [-0.39, 0.29) is 24.4 Å². The molecular formula is C10H13BrClIN2O. The maximum Gasteiger partial charge on any atom is 0.252 e. The molecule has 0 saturated heterocycles. The van der Waals surface area contributed by atoms with E-state index in [0.29, 0.717) is 12.1 Å². The van der Waals surface area contributed by atoms with Crippen molar-refractivity contribution >= 4 is 56.8 Å². The lowest BCUT2D eigenvalue weighted by atomic mass is 10.2. The molecule has 1 rings (SSSR count). The topological polar surface area (TPSA) is 55.1 Å². The van der Waals surface area contributed by atoms with Crippen molar-refractivity contribution in [3.8, 4) is 0 Å². The van der Waals surface area contributed by atoms with Crippen LogP contribution in [0, 0.1) is 3.57 Å². The Morgan fingerprint density at radius 2 is 2.25 bits per heavy atom. The van der Waals surface area contributed by atoms with Gasteiger partial charge in [-0.25, -0.2) is 0 Å². The second kappa shape index (κ2) is 7.47. The van der Waals surface area contributed by atoms with E-state index in [9.17, 15) is 4.79 Å². The lowest BCUT2D eigenvalue weighted by molar-refractivity contribution is 0.0940. The molecule has 0 aliphatic carbocycles. The summed E-state index contributed by atoms with van der Waals surface area (Å²) < 4.78 is 1.82. The van der Waals surface area contributed by atoms with Crippen molar-refractivity contribution in [3.63, 3.8) is 0 Å². The molecule has 0 heterocycles. The number of carbonyl (C=O) groups is 1. The van der Waals surface area contributed by atoms with Crippen LogP contribution in [-0.4, -0.2) is 18.5 Å². The predicted molar refractivity (Wildman–Crippen MR) is 80.1 cm³/mol. The average Bonchev–Trinajstić information content (AvgIpc) is 2.21. The van der Waals surface area contributed by atoms with E-state index in [1.54, 1.807) is 6.07 Å². The number of amides is 1. The van der Waals surface area contributed by atoms with Crippen molar-refractivity contribution in [3.05, 3.63) is 31.8 Å². The molecule has 0 aliphatic heterocycles. The van der Waals surface area contributed by atoms with Crippen molar-refractivity contribution in [1.29, 1.82) is 0 Å². The Morgan fingerprint density at radius 3 is 2.81 bits per heavy atom. The number of halogens is 3. The van der Waals surface area contributed by atoms with Crippen LogP contribution in [0.3, 0.4) is 0 Å². The molecular weight excluding hydrogens is 406 g/mol. The van der Waals surface area contributed by atoms with Gasteiger partial charge in [-0.05, 0) is 47.7 Å². The minimum Gasteiger partial charge on any atom is -0.348 e. The number of hydrogen-bond donors (Lipinski definition) is 2. The van der Waals surface area contributed by atoms with Gasteiger partial charge in [0.1, 0.15) is 0 Å². The highest BCUT2D eigenvalue weighted by atomic mass is 127. The summed E-state index contributed by atoms with van der Waals surface area (Å²) in [5, 5.41) is 2.82. The van der Waals surface area contributed by atoms with Gasteiger partial charge < -0.3 is 11.1 Å². The fraction of sp³-hybridized carbons (Fsp3) is 0.300. The Labute approximate surface area is 123 Å². The van der Waals surface area contributed by atoms with Crippen LogP contribution in [0.15, 0.2) is 22.7 Å². The lowest BCUT2D eigenvalue weighted by Gasteiger charge is -2.12. The first kappa shape index (κ1) is 16.1. The first-order valence-electron chi connectivity index (χ1n) is 4.50. The number of carbonyl (C=O) groups excluding carboxylic acids is 1. The zero-order chi connectivity index (χ0) is 11.4. The number of nitrogens with one attached hydrogen (secondary N) is 1. The smallest absolute Gasteiger partial charge is 0.252 e. The predicted octanol–water partition coefficient (Wildman–Crippen LogP) is 2.55. The fourth-order valence-electron chi connectivity index (χ4n) is 1.03. The Hall–Kier alpha value is 0.150. The molecule has 3 N–H and O–H groups in total. The van der Waals surface area contributed by atoms with E-state index in [4.69, 9.17) is 5.73 Å². The molecule has 0 aliphatic rings. The average molecular weight is 419 g/mol. The molecule has 1 aromatic rings. The Morgan fingerprint density at radius 1 is 1.62 bits per heavy atom. The highest BCUT2D eigenvalue weighted by Gasteiger charge is 2.12. The summed E-state index contributed by atoms with van der Waals surface area (Å²) in [5.41, 5.74) is 6.11. The van der Waals surface area contributed by atoms with Crippen molar-refractivity contribution in [2.24, 2.45) is 5.73 Å². The van der Waals surface area contributed by atoms with Crippen molar-refractivity contribution in [2.45, 2.75) is 13.0 Å². The Balaban J connectivity index is 0.00000225. The van der Waals surface area contributed by atoms with Crippen LogP contribution in [0.5, 0.6) is 0 Å². The monoisotopic (exact) mass is 418 g/mol. The van der Waals surface area contributed by atoms with E-state index < -0.39 is 0 Å². The van der Waals surface area contributed by atoms with Gasteiger partial charge in [0.2, 0.25) is 0 Å². The molecule has 0 radical (unpaired) electrons. The summed E-state index contributed by atoms with van der Waals surface area (Å²) in [6.45, 7) is 2.32. The molecule has 0 fully saturated rings. The van der Waals surface area contributed by atoms with Crippen LogP contribution in [0.1, 0.15) is 17.3 Å². The molecule has 6 heteroatoms. The SMILES string of the molecule is C[C@H](CN)NC(=O)c1cc(Br)ccc1I.Cl. The van der Waals surface area contributed by atoms with Gasteiger partial charge in [0, 0.05) is 20.6 Å². The summed E-state index contributed by atoms with van der Waals surface area (Å²) in [5.74, 6) is -0.0846.